The maximum Gasteiger partial charge on any atom is 0.0561 e. The summed E-state index contributed by atoms with van der Waals surface area (Å²) in [7, 11) is 2.19. The zero-order chi connectivity index (χ0) is 13.9. The molecule has 1 saturated heterocycles. The third-order valence-electron chi connectivity index (χ3n) is 4.57. The molecule has 0 bridgehead atoms. The maximum atomic E-state index is 5.60. The molecular formula is C17H26N2O. The summed E-state index contributed by atoms with van der Waals surface area (Å²) in [6.45, 7) is 5.23. The van der Waals surface area contributed by atoms with Gasteiger partial charge in [-0.05, 0) is 49.8 Å². The Balaban J connectivity index is 1.60. The molecule has 1 aromatic rings. The lowest BCUT2D eigenvalue weighted by atomic mass is 9.99. The van der Waals surface area contributed by atoms with Crippen molar-refractivity contribution in [1.82, 2.24) is 5.32 Å². The van der Waals surface area contributed by atoms with E-state index in [1.165, 1.54) is 36.2 Å². The van der Waals surface area contributed by atoms with Crippen LogP contribution < -0.4 is 10.2 Å². The molecule has 1 aromatic carbocycles. The van der Waals surface area contributed by atoms with Crippen molar-refractivity contribution in [2.24, 2.45) is 0 Å². The van der Waals surface area contributed by atoms with Gasteiger partial charge in [-0.3, -0.25) is 0 Å². The lowest BCUT2D eigenvalue weighted by molar-refractivity contribution is 0.0130. The van der Waals surface area contributed by atoms with Gasteiger partial charge in [0.05, 0.1) is 6.10 Å². The first-order valence-corrected chi connectivity index (χ1v) is 7.90. The van der Waals surface area contributed by atoms with Crippen LogP contribution in [0.15, 0.2) is 18.2 Å². The number of hydrogen-bond acceptors (Lipinski definition) is 3. The molecule has 0 saturated carbocycles. The fourth-order valence-corrected chi connectivity index (χ4v) is 3.39. The quantitative estimate of drug-likeness (QED) is 0.917. The number of benzene rings is 1. The number of rotatable bonds is 3. The highest BCUT2D eigenvalue weighted by molar-refractivity contribution is 5.56. The predicted molar refractivity (Wildman–Crippen MR) is 83.3 cm³/mol. The minimum Gasteiger partial charge on any atom is -0.378 e. The van der Waals surface area contributed by atoms with E-state index < -0.39 is 0 Å². The molecule has 3 heteroatoms. The summed E-state index contributed by atoms with van der Waals surface area (Å²) in [5, 5.41) is 3.69. The summed E-state index contributed by atoms with van der Waals surface area (Å²) >= 11 is 0. The minimum atomic E-state index is 0.401. The molecular weight excluding hydrogens is 248 g/mol. The van der Waals surface area contributed by atoms with Crippen molar-refractivity contribution in [2.45, 2.75) is 51.3 Å². The number of ether oxygens (including phenoxy) is 1. The van der Waals surface area contributed by atoms with Crippen LogP contribution in [0.1, 0.15) is 37.3 Å². The van der Waals surface area contributed by atoms with Gasteiger partial charge in [-0.25, -0.2) is 0 Å². The van der Waals surface area contributed by atoms with Crippen LogP contribution in [-0.2, 0) is 17.7 Å². The maximum absolute atomic E-state index is 5.60. The summed E-state index contributed by atoms with van der Waals surface area (Å²) in [6, 6.07) is 7.56. The van der Waals surface area contributed by atoms with Crippen LogP contribution >= 0.6 is 0 Å². The van der Waals surface area contributed by atoms with E-state index in [2.05, 4.69) is 42.4 Å². The van der Waals surface area contributed by atoms with Crippen LogP contribution in [0.4, 0.5) is 5.69 Å². The second kappa shape index (κ2) is 6.15. The van der Waals surface area contributed by atoms with Gasteiger partial charge in [0.1, 0.15) is 0 Å². The highest BCUT2D eigenvalue weighted by Crippen LogP contribution is 2.26. The first-order valence-electron chi connectivity index (χ1n) is 7.90. The molecule has 2 aliphatic rings. The highest BCUT2D eigenvalue weighted by Gasteiger charge is 2.19. The Kier molecular flexibility index (Phi) is 4.27. The summed E-state index contributed by atoms with van der Waals surface area (Å²) in [5.74, 6) is 0. The Morgan fingerprint density at radius 2 is 2.30 bits per heavy atom. The molecule has 0 radical (unpaired) electrons. The minimum absolute atomic E-state index is 0.401. The Morgan fingerprint density at radius 1 is 1.40 bits per heavy atom. The molecule has 0 aromatic heterocycles. The van der Waals surface area contributed by atoms with E-state index in [-0.39, 0.29) is 0 Å². The van der Waals surface area contributed by atoms with Gasteiger partial charge in [0.15, 0.2) is 0 Å². The van der Waals surface area contributed by atoms with Crippen molar-refractivity contribution < 1.29 is 4.74 Å². The van der Waals surface area contributed by atoms with Gasteiger partial charge in [-0.2, -0.15) is 0 Å². The third-order valence-corrected chi connectivity index (χ3v) is 4.57. The van der Waals surface area contributed by atoms with Crippen molar-refractivity contribution in [1.29, 1.82) is 0 Å². The first kappa shape index (κ1) is 13.9. The van der Waals surface area contributed by atoms with E-state index in [4.69, 9.17) is 4.74 Å². The molecule has 2 heterocycles. The number of hydrogen-bond donors (Lipinski definition) is 1. The number of aryl methyl sites for hydroxylation is 1. The van der Waals surface area contributed by atoms with Gasteiger partial charge >= 0.3 is 0 Å². The largest absolute Gasteiger partial charge is 0.378 e. The van der Waals surface area contributed by atoms with Crippen molar-refractivity contribution in [2.75, 3.05) is 25.1 Å². The topological polar surface area (TPSA) is 24.5 Å². The fourth-order valence-electron chi connectivity index (χ4n) is 3.39. The predicted octanol–water partition coefficient (Wildman–Crippen LogP) is 2.73. The van der Waals surface area contributed by atoms with Gasteiger partial charge in [-0.15, -0.1) is 0 Å². The number of anilines is 1. The Hall–Kier alpha value is -1.06. The summed E-state index contributed by atoms with van der Waals surface area (Å²) in [5.41, 5.74) is 4.34. The normalized spacial score (nSPS) is 26.4. The molecule has 2 aliphatic heterocycles. The molecule has 3 rings (SSSR count). The monoisotopic (exact) mass is 274 g/mol. The van der Waals surface area contributed by atoms with E-state index >= 15 is 0 Å². The van der Waals surface area contributed by atoms with Crippen LogP contribution in [0.3, 0.4) is 0 Å². The van der Waals surface area contributed by atoms with Crippen molar-refractivity contribution >= 4 is 5.69 Å². The molecule has 2 unspecified atom stereocenters. The molecule has 1 fully saturated rings. The molecule has 3 nitrogen and oxygen atoms in total. The van der Waals surface area contributed by atoms with Crippen LogP contribution in [0.5, 0.6) is 0 Å². The molecule has 110 valence electrons. The Morgan fingerprint density at radius 3 is 3.15 bits per heavy atom. The summed E-state index contributed by atoms with van der Waals surface area (Å²) < 4.78 is 5.60. The van der Waals surface area contributed by atoms with Crippen molar-refractivity contribution in [3.05, 3.63) is 29.3 Å². The summed E-state index contributed by atoms with van der Waals surface area (Å²) in [6.07, 6.45) is 5.17. The average molecular weight is 274 g/mol. The SMILES string of the molecule is CC1CC(NCc2ccc3c(c2)CCCN3C)CCO1. The zero-order valence-electron chi connectivity index (χ0n) is 12.7. The van der Waals surface area contributed by atoms with E-state index in [9.17, 15) is 0 Å². The van der Waals surface area contributed by atoms with Gasteiger partial charge in [0.25, 0.3) is 0 Å². The third kappa shape index (κ3) is 3.15. The fraction of sp³-hybridized carbons (Fsp3) is 0.647. The lowest BCUT2D eigenvalue weighted by Crippen LogP contribution is -2.37. The van der Waals surface area contributed by atoms with Crippen molar-refractivity contribution in [3.63, 3.8) is 0 Å². The molecule has 20 heavy (non-hydrogen) atoms. The number of nitrogens with zero attached hydrogens (tertiary/aromatic N) is 1. The van der Waals surface area contributed by atoms with Crippen molar-refractivity contribution in [3.8, 4) is 0 Å². The smallest absolute Gasteiger partial charge is 0.0561 e. The second-order valence-electron chi connectivity index (χ2n) is 6.27. The van der Waals surface area contributed by atoms with Crippen LogP contribution in [0, 0.1) is 0 Å². The van der Waals surface area contributed by atoms with Gasteiger partial charge in [-0.1, -0.05) is 12.1 Å². The van der Waals surface area contributed by atoms with E-state index in [0.29, 0.717) is 12.1 Å². The Labute approximate surface area is 122 Å². The zero-order valence-corrected chi connectivity index (χ0v) is 12.7. The van der Waals surface area contributed by atoms with E-state index in [0.717, 1.165) is 26.0 Å². The molecule has 0 spiro atoms. The summed E-state index contributed by atoms with van der Waals surface area (Å²) in [4.78, 5) is 2.37. The molecule has 1 N–H and O–H groups in total. The second-order valence-corrected chi connectivity index (χ2v) is 6.27. The van der Waals surface area contributed by atoms with Gasteiger partial charge in [0.2, 0.25) is 0 Å². The van der Waals surface area contributed by atoms with Crippen LogP contribution in [0.25, 0.3) is 0 Å². The van der Waals surface area contributed by atoms with Gasteiger partial charge < -0.3 is 15.0 Å². The van der Waals surface area contributed by atoms with E-state index in [1.54, 1.807) is 0 Å². The standard InChI is InChI=1S/C17H26N2O/c1-13-10-16(7-9-20-13)18-12-14-5-6-17-15(11-14)4-3-8-19(17)2/h5-6,11,13,16,18H,3-4,7-10,12H2,1-2H3. The molecule has 2 atom stereocenters. The highest BCUT2D eigenvalue weighted by atomic mass is 16.5. The Bertz CT molecular complexity index is 460. The first-order chi connectivity index (χ1) is 9.72. The number of nitrogens with one attached hydrogen (secondary N) is 1. The van der Waals surface area contributed by atoms with Crippen LogP contribution in [0.2, 0.25) is 0 Å². The van der Waals surface area contributed by atoms with Crippen LogP contribution in [-0.4, -0.2) is 32.3 Å². The van der Waals surface area contributed by atoms with Gasteiger partial charge in [0, 0.05) is 38.5 Å². The average Bonchev–Trinajstić information content (AvgIpc) is 2.45. The molecule has 0 amide bonds. The molecule has 0 aliphatic carbocycles. The lowest BCUT2D eigenvalue weighted by Gasteiger charge is -2.29. The van der Waals surface area contributed by atoms with E-state index in [1.807, 2.05) is 0 Å². The number of fused-ring (bicyclic) bond motifs is 1.